The number of nitrogens with one attached hydrogen (secondary N) is 2. The van der Waals surface area contributed by atoms with Gasteiger partial charge in [-0.25, -0.2) is 13.6 Å². The van der Waals surface area contributed by atoms with E-state index in [1.54, 1.807) is 18.2 Å². The quantitative estimate of drug-likeness (QED) is 0.910. The zero-order chi connectivity index (χ0) is 15.9. The Kier molecular flexibility index (Phi) is 5.04. The van der Waals surface area contributed by atoms with Crippen molar-refractivity contribution < 1.29 is 13.6 Å². The number of amides is 2. The van der Waals surface area contributed by atoms with Crippen molar-refractivity contribution in [3.63, 3.8) is 0 Å². The average Bonchev–Trinajstić information content (AvgIpc) is 2.49. The fraction of sp³-hybridized carbons (Fsp3) is 0.125. The van der Waals surface area contributed by atoms with Crippen molar-refractivity contribution in [2.75, 3.05) is 11.9 Å². The molecule has 0 radical (unpaired) electrons. The molecule has 0 bridgehead atoms. The molecule has 0 aliphatic carbocycles. The molecule has 2 aromatic rings. The maximum atomic E-state index is 13.0. The molecule has 0 spiro atoms. The Bertz CT molecular complexity index is 726. The highest BCUT2D eigenvalue weighted by Crippen LogP contribution is 2.15. The van der Waals surface area contributed by atoms with Crippen LogP contribution < -0.4 is 10.6 Å². The van der Waals surface area contributed by atoms with Crippen LogP contribution in [0.1, 0.15) is 11.1 Å². The number of urea groups is 1. The first-order valence-electron chi connectivity index (χ1n) is 6.57. The van der Waals surface area contributed by atoms with Crippen molar-refractivity contribution in [1.82, 2.24) is 5.32 Å². The monoisotopic (exact) mass is 301 g/mol. The molecular formula is C16H13F2N3O. The molecular weight excluding hydrogens is 288 g/mol. The van der Waals surface area contributed by atoms with E-state index in [0.717, 1.165) is 17.7 Å². The van der Waals surface area contributed by atoms with Crippen LogP contribution in [-0.2, 0) is 6.42 Å². The highest BCUT2D eigenvalue weighted by molar-refractivity contribution is 5.90. The normalized spacial score (nSPS) is 9.86. The Morgan fingerprint density at radius 1 is 1.14 bits per heavy atom. The molecule has 2 aromatic carbocycles. The number of hydrogen-bond donors (Lipinski definition) is 2. The van der Waals surface area contributed by atoms with Crippen LogP contribution in [0.4, 0.5) is 19.3 Å². The second kappa shape index (κ2) is 7.18. The zero-order valence-electron chi connectivity index (χ0n) is 11.6. The van der Waals surface area contributed by atoms with Crippen molar-refractivity contribution in [2.24, 2.45) is 0 Å². The van der Waals surface area contributed by atoms with Crippen LogP contribution in [0.15, 0.2) is 42.5 Å². The largest absolute Gasteiger partial charge is 0.338 e. The van der Waals surface area contributed by atoms with Gasteiger partial charge in [-0.15, -0.1) is 0 Å². The Morgan fingerprint density at radius 2 is 1.91 bits per heavy atom. The van der Waals surface area contributed by atoms with Crippen LogP contribution in [0.25, 0.3) is 0 Å². The van der Waals surface area contributed by atoms with Gasteiger partial charge in [0, 0.05) is 6.54 Å². The lowest BCUT2D eigenvalue weighted by Crippen LogP contribution is -2.30. The molecule has 2 rings (SSSR count). The lowest BCUT2D eigenvalue weighted by Gasteiger charge is -2.09. The Balaban J connectivity index is 1.87. The van der Waals surface area contributed by atoms with Gasteiger partial charge in [-0.05, 0) is 42.3 Å². The number of benzene rings is 2. The highest BCUT2D eigenvalue weighted by atomic mass is 19.1. The van der Waals surface area contributed by atoms with E-state index in [1.165, 1.54) is 18.2 Å². The first kappa shape index (κ1) is 15.4. The molecule has 6 heteroatoms. The summed E-state index contributed by atoms with van der Waals surface area (Å²) in [5, 5.41) is 13.9. The molecule has 22 heavy (non-hydrogen) atoms. The second-order valence-corrected chi connectivity index (χ2v) is 4.56. The summed E-state index contributed by atoms with van der Waals surface area (Å²) >= 11 is 0. The van der Waals surface area contributed by atoms with Gasteiger partial charge in [0.15, 0.2) is 0 Å². The molecule has 2 amide bonds. The molecule has 2 N–H and O–H groups in total. The molecule has 4 nitrogen and oxygen atoms in total. The van der Waals surface area contributed by atoms with Crippen molar-refractivity contribution in [1.29, 1.82) is 5.26 Å². The van der Waals surface area contributed by atoms with E-state index in [1.807, 2.05) is 0 Å². The standard InChI is InChI=1S/C16H13F2N3O/c17-13-3-1-2-11(8-13)6-7-20-16(22)21-15-5-4-14(18)9-12(15)10-19/h1-5,8-9H,6-7H2,(H2,20,21,22). The van der Waals surface area contributed by atoms with E-state index in [0.29, 0.717) is 13.0 Å². The third kappa shape index (κ3) is 4.28. The first-order valence-corrected chi connectivity index (χ1v) is 6.57. The number of rotatable bonds is 4. The van der Waals surface area contributed by atoms with Gasteiger partial charge in [0.05, 0.1) is 11.3 Å². The summed E-state index contributed by atoms with van der Waals surface area (Å²) in [5.74, 6) is -0.875. The SMILES string of the molecule is N#Cc1cc(F)ccc1NC(=O)NCCc1cccc(F)c1. The summed E-state index contributed by atoms with van der Waals surface area (Å²) < 4.78 is 26.0. The van der Waals surface area contributed by atoms with E-state index in [-0.39, 0.29) is 17.1 Å². The van der Waals surface area contributed by atoms with Gasteiger partial charge < -0.3 is 10.6 Å². The topological polar surface area (TPSA) is 64.9 Å². The van der Waals surface area contributed by atoms with Gasteiger partial charge in [-0.3, -0.25) is 0 Å². The second-order valence-electron chi connectivity index (χ2n) is 4.56. The van der Waals surface area contributed by atoms with Gasteiger partial charge in [-0.2, -0.15) is 5.26 Å². The third-order valence-electron chi connectivity index (χ3n) is 2.94. The summed E-state index contributed by atoms with van der Waals surface area (Å²) in [6.45, 7) is 0.304. The minimum Gasteiger partial charge on any atom is -0.338 e. The summed E-state index contributed by atoms with van der Waals surface area (Å²) in [4.78, 5) is 11.7. The van der Waals surface area contributed by atoms with Crippen LogP contribution in [-0.4, -0.2) is 12.6 Å². The maximum Gasteiger partial charge on any atom is 0.319 e. The van der Waals surface area contributed by atoms with Crippen molar-refractivity contribution in [2.45, 2.75) is 6.42 Å². The number of halogens is 2. The number of nitriles is 1. The van der Waals surface area contributed by atoms with Crippen LogP contribution in [0.2, 0.25) is 0 Å². The molecule has 0 atom stereocenters. The average molecular weight is 301 g/mol. The predicted octanol–water partition coefficient (Wildman–Crippen LogP) is 3.20. The van der Waals surface area contributed by atoms with E-state index in [9.17, 15) is 13.6 Å². The lowest BCUT2D eigenvalue weighted by atomic mass is 10.1. The summed E-state index contributed by atoms with van der Waals surface area (Å²) in [7, 11) is 0. The predicted molar refractivity (Wildman–Crippen MR) is 78.2 cm³/mol. The Morgan fingerprint density at radius 3 is 2.64 bits per heavy atom. The number of nitrogens with zero attached hydrogens (tertiary/aromatic N) is 1. The van der Waals surface area contributed by atoms with Crippen molar-refractivity contribution in [3.05, 3.63) is 65.2 Å². The molecule has 0 fully saturated rings. The molecule has 0 saturated carbocycles. The van der Waals surface area contributed by atoms with Crippen molar-refractivity contribution in [3.8, 4) is 6.07 Å². The van der Waals surface area contributed by atoms with Crippen molar-refractivity contribution >= 4 is 11.7 Å². The molecule has 0 unspecified atom stereocenters. The van der Waals surface area contributed by atoms with Gasteiger partial charge in [0.1, 0.15) is 17.7 Å². The molecule has 0 aliphatic rings. The minimum atomic E-state index is -0.548. The lowest BCUT2D eigenvalue weighted by molar-refractivity contribution is 0.252. The van der Waals surface area contributed by atoms with Crippen LogP contribution >= 0.6 is 0 Å². The highest BCUT2D eigenvalue weighted by Gasteiger charge is 2.07. The molecule has 112 valence electrons. The molecule has 0 aliphatic heterocycles. The Hall–Kier alpha value is -2.94. The zero-order valence-corrected chi connectivity index (χ0v) is 11.6. The van der Waals surface area contributed by atoms with Gasteiger partial charge >= 0.3 is 6.03 Å². The smallest absolute Gasteiger partial charge is 0.319 e. The third-order valence-corrected chi connectivity index (χ3v) is 2.94. The van der Waals surface area contributed by atoms with Gasteiger partial charge in [0.25, 0.3) is 0 Å². The minimum absolute atomic E-state index is 0.0419. The molecule has 0 heterocycles. The fourth-order valence-corrected chi connectivity index (χ4v) is 1.90. The van der Waals surface area contributed by atoms with E-state index in [4.69, 9.17) is 5.26 Å². The summed E-state index contributed by atoms with van der Waals surface area (Å²) in [6, 6.07) is 10.9. The van der Waals surface area contributed by atoms with E-state index < -0.39 is 11.8 Å². The summed E-state index contributed by atoms with van der Waals surface area (Å²) in [6.07, 6.45) is 0.472. The van der Waals surface area contributed by atoms with Crippen LogP contribution in [0, 0.1) is 23.0 Å². The molecule has 0 aromatic heterocycles. The number of carbonyl (C=O) groups is 1. The maximum absolute atomic E-state index is 13.0. The number of anilines is 1. The first-order chi connectivity index (χ1) is 10.6. The summed E-state index contributed by atoms with van der Waals surface area (Å²) in [5.41, 5.74) is 1.03. The number of carbonyl (C=O) groups excluding carboxylic acids is 1. The van der Waals surface area contributed by atoms with Crippen LogP contribution in [0.5, 0.6) is 0 Å². The van der Waals surface area contributed by atoms with Gasteiger partial charge in [-0.1, -0.05) is 12.1 Å². The number of hydrogen-bond acceptors (Lipinski definition) is 2. The van der Waals surface area contributed by atoms with E-state index >= 15 is 0 Å². The molecule has 0 saturated heterocycles. The van der Waals surface area contributed by atoms with Gasteiger partial charge in [0.2, 0.25) is 0 Å². The fourth-order valence-electron chi connectivity index (χ4n) is 1.90. The van der Waals surface area contributed by atoms with Crippen LogP contribution in [0.3, 0.4) is 0 Å². The Labute approximate surface area is 126 Å². The van der Waals surface area contributed by atoms with E-state index in [2.05, 4.69) is 10.6 Å².